The van der Waals surface area contributed by atoms with E-state index in [0.29, 0.717) is 24.3 Å². The Balaban J connectivity index is 1.86. The van der Waals surface area contributed by atoms with Gasteiger partial charge in [-0.2, -0.15) is 0 Å². The first-order valence-electron chi connectivity index (χ1n) is 7.24. The maximum Gasteiger partial charge on any atom is 0.0655 e. The zero-order chi connectivity index (χ0) is 13.6. The summed E-state index contributed by atoms with van der Waals surface area (Å²) in [6.07, 6.45) is 3.10. The van der Waals surface area contributed by atoms with Crippen LogP contribution >= 0.6 is 0 Å². The van der Waals surface area contributed by atoms with Gasteiger partial charge in [-0.05, 0) is 19.8 Å². The lowest BCUT2D eigenvalue weighted by molar-refractivity contribution is -0.145. The molecule has 0 aromatic heterocycles. The van der Waals surface area contributed by atoms with Crippen LogP contribution in [0.5, 0.6) is 0 Å². The van der Waals surface area contributed by atoms with Crippen molar-refractivity contribution in [1.82, 2.24) is 5.32 Å². The largest absolute Gasteiger partial charge is 0.381 e. The van der Waals surface area contributed by atoms with Gasteiger partial charge in [-0.1, -0.05) is 27.7 Å². The molecule has 0 bridgehead atoms. The van der Waals surface area contributed by atoms with E-state index in [0.717, 1.165) is 19.4 Å². The molecule has 18 heavy (non-hydrogen) atoms. The molecular weight excluding hydrogens is 226 g/mol. The van der Waals surface area contributed by atoms with Crippen LogP contribution in [-0.4, -0.2) is 38.0 Å². The molecule has 2 fully saturated rings. The van der Waals surface area contributed by atoms with E-state index in [-0.39, 0.29) is 10.8 Å². The summed E-state index contributed by atoms with van der Waals surface area (Å²) in [5, 5.41) is 3.83. The number of nitrogens with one attached hydrogen (secondary N) is 1. The van der Waals surface area contributed by atoms with Crippen LogP contribution in [0, 0.1) is 10.8 Å². The summed E-state index contributed by atoms with van der Waals surface area (Å²) in [5.41, 5.74) is 0.506. The molecule has 0 aliphatic heterocycles. The van der Waals surface area contributed by atoms with Crippen molar-refractivity contribution in [2.45, 2.75) is 71.8 Å². The molecule has 0 spiro atoms. The third kappa shape index (κ3) is 2.10. The third-order valence-corrected chi connectivity index (χ3v) is 5.41. The minimum atomic E-state index is 0.252. The maximum absolute atomic E-state index is 5.79. The molecule has 0 heterocycles. The first-order valence-corrected chi connectivity index (χ1v) is 7.24. The van der Waals surface area contributed by atoms with E-state index in [2.05, 4.69) is 39.9 Å². The van der Waals surface area contributed by atoms with Gasteiger partial charge in [0.1, 0.15) is 0 Å². The van der Waals surface area contributed by atoms with E-state index in [1.807, 2.05) is 7.11 Å². The monoisotopic (exact) mass is 255 g/mol. The van der Waals surface area contributed by atoms with Crippen molar-refractivity contribution < 1.29 is 9.47 Å². The highest BCUT2D eigenvalue weighted by Gasteiger charge is 2.54. The van der Waals surface area contributed by atoms with Gasteiger partial charge in [0, 0.05) is 36.6 Å². The summed E-state index contributed by atoms with van der Waals surface area (Å²) in [6.45, 7) is 12.1. The molecule has 4 atom stereocenters. The lowest BCUT2D eigenvalue weighted by atomic mass is 9.60. The molecule has 2 aliphatic carbocycles. The van der Waals surface area contributed by atoms with Gasteiger partial charge in [0.15, 0.2) is 0 Å². The lowest BCUT2D eigenvalue weighted by Gasteiger charge is -2.58. The van der Waals surface area contributed by atoms with Gasteiger partial charge < -0.3 is 14.8 Å². The summed E-state index contributed by atoms with van der Waals surface area (Å²) in [5.74, 6) is 0. The van der Waals surface area contributed by atoms with Crippen LogP contribution in [0.1, 0.15) is 47.5 Å². The minimum absolute atomic E-state index is 0.252. The van der Waals surface area contributed by atoms with Crippen LogP contribution in [0.4, 0.5) is 0 Å². The Kier molecular flexibility index (Phi) is 3.79. The van der Waals surface area contributed by atoms with Gasteiger partial charge in [0.25, 0.3) is 0 Å². The van der Waals surface area contributed by atoms with Gasteiger partial charge in [-0.3, -0.25) is 0 Å². The number of methoxy groups -OCH3 is 1. The zero-order valence-corrected chi connectivity index (χ0v) is 12.7. The number of ether oxygens (including phenoxy) is 2. The Morgan fingerprint density at radius 3 is 1.89 bits per heavy atom. The van der Waals surface area contributed by atoms with Gasteiger partial charge in [0.2, 0.25) is 0 Å². The molecule has 0 aromatic rings. The van der Waals surface area contributed by atoms with Gasteiger partial charge in [-0.25, -0.2) is 0 Å². The Hall–Kier alpha value is -0.120. The second-order valence-electron chi connectivity index (χ2n) is 7.05. The average molecular weight is 255 g/mol. The highest BCUT2D eigenvalue weighted by atomic mass is 16.5. The average Bonchev–Trinajstić information content (AvgIpc) is 2.30. The van der Waals surface area contributed by atoms with Crippen molar-refractivity contribution >= 4 is 0 Å². The normalized spacial score (nSPS) is 41.0. The topological polar surface area (TPSA) is 30.5 Å². The predicted molar refractivity (Wildman–Crippen MR) is 73.7 cm³/mol. The van der Waals surface area contributed by atoms with E-state index in [1.54, 1.807) is 0 Å². The van der Waals surface area contributed by atoms with E-state index < -0.39 is 0 Å². The first-order chi connectivity index (χ1) is 8.33. The highest BCUT2D eigenvalue weighted by molar-refractivity contribution is 5.09. The van der Waals surface area contributed by atoms with Crippen molar-refractivity contribution in [1.29, 1.82) is 0 Å². The smallest absolute Gasteiger partial charge is 0.0655 e. The minimum Gasteiger partial charge on any atom is -0.381 e. The van der Waals surface area contributed by atoms with Crippen LogP contribution in [0.25, 0.3) is 0 Å². The standard InChI is InChI=1S/C15H29NO2/c1-7-18-13-9-11(15(13,4)5)16-10-8-12(17-6)14(10,2)3/h10-13,16H,7-9H2,1-6H3. The fraction of sp³-hybridized carbons (Fsp3) is 1.00. The molecule has 0 radical (unpaired) electrons. The second-order valence-corrected chi connectivity index (χ2v) is 7.05. The molecule has 2 aliphatic rings. The molecule has 2 saturated carbocycles. The number of rotatable bonds is 5. The van der Waals surface area contributed by atoms with Gasteiger partial charge in [-0.15, -0.1) is 0 Å². The van der Waals surface area contributed by atoms with Crippen LogP contribution in [-0.2, 0) is 9.47 Å². The third-order valence-electron chi connectivity index (χ3n) is 5.41. The van der Waals surface area contributed by atoms with E-state index in [9.17, 15) is 0 Å². The van der Waals surface area contributed by atoms with Crippen LogP contribution in [0.3, 0.4) is 0 Å². The quantitative estimate of drug-likeness (QED) is 0.819. The molecule has 0 amide bonds. The Labute approximate surface area is 112 Å². The molecule has 0 aromatic carbocycles. The van der Waals surface area contributed by atoms with E-state index >= 15 is 0 Å². The molecule has 4 unspecified atom stereocenters. The molecule has 106 valence electrons. The molecule has 0 saturated heterocycles. The maximum atomic E-state index is 5.79. The van der Waals surface area contributed by atoms with Crippen molar-refractivity contribution in [3.8, 4) is 0 Å². The molecule has 2 rings (SSSR count). The van der Waals surface area contributed by atoms with Crippen LogP contribution in [0.2, 0.25) is 0 Å². The van der Waals surface area contributed by atoms with Gasteiger partial charge >= 0.3 is 0 Å². The Bertz CT molecular complexity index is 301. The SMILES string of the molecule is CCOC1CC(NC2CC(OC)C2(C)C)C1(C)C. The van der Waals surface area contributed by atoms with Crippen molar-refractivity contribution in [2.24, 2.45) is 10.8 Å². The second kappa shape index (κ2) is 4.77. The summed E-state index contributed by atoms with van der Waals surface area (Å²) in [6, 6.07) is 1.16. The molecule has 3 heteroatoms. The summed E-state index contributed by atoms with van der Waals surface area (Å²) in [4.78, 5) is 0. The summed E-state index contributed by atoms with van der Waals surface area (Å²) >= 11 is 0. The predicted octanol–water partition coefficient (Wildman–Crippen LogP) is 2.59. The van der Waals surface area contributed by atoms with Gasteiger partial charge in [0.05, 0.1) is 12.2 Å². The van der Waals surface area contributed by atoms with E-state index in [1.165, 1.54) is 0 Å². The van der Waals surface area contributed by atoms with Crippen molar-refractivity contribution in [3.05, 3.63) is 0 Å². The zero-order valence-electron chi connectivity index (χ0n) is 12.7. The molecular formula is C15H29NO2. The summed E-state index contributed by atoms with van der Waals surface area (Å²) in [7, 11) is 1.82. The van der Waals surface area contributed by atoms with Crippen LogP contribution in [0.15, 0.2) is 0 Å². The van der Waals surface area contributed by atoms with Crippen molar-refractivity contribution in [3.63, 3.8) is 0 Å². The molecule has 3 nitrogen and oxygen atoms in total. The molecule has 1 N–H and O–H groups in total. The fourth-order valence-electron chi connectivity index (χ4n) is 3.46. The lowest BCUT2D eigenvalue weighted by Crippen LogP contribution is -2.69. The number of hydrogen-bond acceptors (Lipinski definition) is 3. The summed E-state index contributed by atoms with van der Waals surface area (Å²) < 4.78 is 11.3. The van der Waals surface area contributed by atoms with Crippen molar-refractivity contribution in [2.75, 3.05) is 13.7 Å². The van der Waals surface area contributed by atoms with Crippen LogP contribution < -0.4 is 5.32 Å². The Morgan fingerprint density at radius 1 is 1.00 bits per heavy atom. The number of hydrogen-bond donors (Lipinski definition) is 1. The highest BCUT2D eigenvalue weighted by Crippen LogP contribution is 2.47. The fourth-order valence-corrected chi connectivity index (χ4v) is 3.46. The Morgan fingerprint density at radius 2 is 1.50 bits per heavy atom. The van der Waals surface area contributed by atoms with E-state index in [4.69, 9.17) is 9.47 Å². The first kappa shape index (κ1) is 14.3.